The van der Waals surface area contributed by atoms with Gasteiger partial charge >= 0.3 is 54.3 Å². The van der Waals surface area contributed by atoms with E-state index in [0.717, 1.165) is 0 Å². The van der Waals surface area contributed by atoms with E-state index in [2.05, 4.69) is 4.74 Å². The highest BCUT2D eigenvalue weighted by Crippen LogP contribution is 2.56. The molecule has 210 valence electrons. The second-order valence-electron chi connectivity index (χ2n) is 6.34. The van der Waals surface area contributed by atoms with Gasteiger partial charge in [-0.3, -0.25) is 9.47 Å². The molecule has 0 aromatic rings. The van der Waals surface area contributed by atoms with E-state index in [-0.39, 0.29) is 12.8 Å². The fourth-order valence-electron chi connectivity index (χ4n) is 1.76. The number of carbonyl (C=O) groups excluding carboxylic acids is 1. The molecule has 2 atom stereocenters. The lowest BCUT2D eigenvalue weighted by Crippen LogP contribution is -2.68. The zero-order valence-corrected chi connectivity index (χ0v) is 16.4. The predicted octanol–water partition coefficient (Wildman–Crippen LogP) is 6.59. The molecule has 0 bridgehead atoms. The second kappa shape index (κ2) is 9.92. The highest BCUT2D eigenvalue weighted by atomic mass is 19.4. The van der Waals surface area contributed by atoms with Crippen molar-refractivity contribution < 1.29 is 93.6 Å². The monoisotopic (exact) mass is 566 g/mol. The summed E-state index contributed by atoms with van der Waals surface area (Å²) in [7, 11) is 0. The van der Waals surface area contributed by atoms with Crippen LogP contribution in [0, 0.1) is 0 Å². The number of unbranched alkanes of at least 4 members (excludes halogenated alkanes) is 2. The summed E-state index contributed by atoms with van der Waals surface area (Å²) < 4.78 is 227. The quantitative estimate of drug-likeness (QED) is 0.161. The minimum atomic E-state index is -8.04. The molecule has 0 unspecified atom stereocenters. The largest absolute Gasteiger partial charge is 0.462 e. The van der Waals surface area contributed by atoms with Crippen molar-refractivity contribution in [3.8, 4) is 0 Å². The van der Waals surface area contributed by atoms with E-state index in [1.807, 2.05) is 4.74 Å². The van der Waals surface area contributed by atoms with Crippen LogP contribution < -0.4 is 0 Å². The second-order valence-corrected chi connectivity index (χ2v) is 6.34. The molecule has 0 N–H and O–H groups in total. The summed E-state index contributed by atoms with van der Waals surface area (Å²) in [5.74, 6) is -26.3. The molecule has 35 heavy (non-hydrogen) atoms. The molecule has 0 aromatic carbocycles. The fourth-order valence-corrected chi connectivity index (χ4v) is 1.76. The van der Waals surface area contributed by atoms with E-state index in [4.69, 9.17) is 0 Å². The van der Waals surface area contributed by atoms with E-state index in [0.29, 0.717) is 0 Å². The first-order valence-corrected chi connectivity index (χ1v) is 8.43. The zero-order chi connectivity index (χ0) is 28.5. The summed E-state index contributed by atoms with van der Waals surface area (Å²) in [5, 5.41) is 0. The maximum absolute atomic E-state index is 14.1. The molecule has 0 aliphatic carbocycles. The Kier molecular flexibility index (Phi) is 9.41. The lowest BCUT2D eigenvalue weighted by atomic mass is 10.2. The summed E-state index contributed by atoms with van der Waals surface area (Å²) in [4.78, 5) is 11.3. The van der Waals surface area contributed by atoms with Crippen molar-refractivity contribution in [2.45, 2.75) is 74.6 Å². The van der Waals surface area contributed by atoms with Crippen molar-refractivity contribution in [3.63, 3.8) is 0 Å². The van der Waals surface area contributed by atoms with Gasteiger partial charge in [0.15, 0.2) is 0 Å². The molecule has 4 nitrogen and oxygen atoms in total. The van der Waals surface area contributed by atoms with Gasteiger partial charge in [0.05, 0.1) is 6.61 Å². The van der Waals surface area contributed by atoms with E-state index in [9.17, 15) is 79.4 Å². The van der Waals surface area contributed by atoms with Gasteiger partial charge in [0.2, 0.25) is 0 Å². The lowest BCUT2D eigenvalue weighted by molar-refractivity contribution is -0.548. The normalized spacial score (nSPS) is 18.1. The first kappa shape index (κ1) is 33.2. The van der Waals surface area contributed by atoms with Crippen LogP contribution >= 0.6 is 0 Å². The summed E-state index contributed by atoms with van der Waals surface area (Å²) >= 11 is 0. The molecular weight excluding hydrogens is 555 g/mol. The molecule has 0 spiro atoms. The smallest absolute Gasteiger partial charge is 0.461 e. The summed E-state index contributed by atoms with van der Waals surface area (Å²) in [6, 6.07) is 0. The van der Waals surface area contributed by atoms with Gasteiger partial charge in [-0.05, 0) is 6.42 Å². The first-order chi connectivity index (χ1) is 15.1. The standard InChI is InChI=1S/C14H11F17O4/c1-2-3-4-5-33-6(32)7(15,10(19,20)21)34-14(30,31)9(18,12(25,26)27)35-13(28,29)8(16,17)11(22,23)24/h2-5H2,1H3/t7-,9+/m0/s1. The number of ether oxygens (including phenoxy) is 3. The Balaban J connectivity index is 6.53. The van der Waals surface area contributed by atoms with Gasteiger partial charge < -0.3 is 4.74 Å². The fraction of sp³-hybridized carbons (Fsp3) is 0.929. The van der Waals surface area contributed by atoms with E-state index >= 15 is 0 Å². The van der Waals surface area contributed by atoms with Gasteiger partial charge in [-0.15, -0.1) is 0 Å². The van der Waals surface area contributed by atoms with Gasteiger partial charge in [0.25, 0.3) is 0 Å². The SMILES string of the molecule is CCCCCOC(=O)[C@](F)(OC(F)(F)[C@](F)(OC(F)(F)C(F)(F)C(F)(F)F)C(F)(F)F)C(F)(F)F. The maximum atomic E-state index is 14.1. The molecule has 0 aliphatic heterocycles. The number of rotatable bonds is 11. The van der Waals surface area contributed by atoms with Crippen molar-refractivity contribution in [3.05, 3.63) is 0 Å². The molecule has 0 amide bonds. The lowest BCUT2D eigenvalue weighted by Gasteiger charge is -2.39. The third-order valence-corrected chi connectivity index (χ3v) is 3.61. The summed E-state index contributed by atoms with van der Waals surface area (Å²) in [6.07, 6.45) is -38.6. The Morgan fingerprint density at radius 1 is 0.600 bits per heavy atom. The molecular formula is C14H11F17O4. The Labute approximate surface area is 182 Å². The van der Waals surface area contributed by atoms with Gasteiger partial charge in [-0.2, -0.15) is 74.6 Å². The molecule has 0 saturated carbocycles. The first-order valence-electron chi connectivity index (χ1n) is 8.43. The summed E-state index contributed by atoms with van der Waals surface area (Å²) in [5.41, 5.74) is 0. The van der Waals surface area contributed by atoms with E-state index < -0.39 is 67.4 Å². The van der Waals surface area contributed by atoms with Gasteiger partial charge in [-0.25, -0.2) is 4.79 Å². The average Bonchev–Trinajstić information content (AvgIpc) is 2.61. The minimum absolute atomic E-state index is 0.0353. The number of carbonyl (C=O) groups is 1. The van der Waals surface area contributed by atoms with Crippen LogP contribution in [-0.2, 0) is 19.0 Å². The van der Waals surface area contributed by atoms with Crippen molar-refractivity contribution in [2.75, 3.05) is 6.61 Å². The highest BCUT2D eigenvalue weighted by Gasteiger charge is 2.85. The molecule has 21 heteroatoms. The van der Waals surface area contributed by atoms with Crippen LogP contribution in [0.1, 0.15) is 26.2 Å². The van der Waals surface area contributed by atoms with Crippen LogP contribution in [0.3, 0.4) is 0 Å². The van der Waals surface area contributed by atoms with Crippen LogP contribution in [0.25, 0.3) is 0 Å². The van der Waals surface area contributed by atoms with Gasteiger partial charge in [0.1, 0.15) is 0 Å². The van der Waals surface area contributed by atoms with Crippen LogP contribution in [-0.4, -0.2) is 61.0 Å². The topological polar surface area (TPSA) is 44.8 Å². The molecule has 0 saturated heterocycles. The average molecular weight is 566 g/mol. The summed E-state index contributed by atoms with van der Waals surface area (Å²) in [6.45, 7) is 0.229. The van der Waals surface area contributed by atoms with Crippen LogP contribution in [0.5, 0.6) is 0 Å². The Hall–Kier alpha value is -1.80. The van der Waals surface area contributed by atoms with Crippen LogP contribution in [0.2, 0.25) is 0 Å². The number of halogens is 17. The third-order valence-electron chi connectivity index (χ3n) is 3.61. The van der Waals surface area contributed by atoms with E-state index in [1.165, 1.54) is 11.7 Å². The zero-order valence-electron chi connectivity index (χ0n) is 16.4. The Morgan fingerprint density at radius 2 is 1.06 bits per heavy atom. The molecule has 0 fully saturated rings. The van der Waals surface area contributed by atoms with Gasteiger partial charge in [-0.1, -0.05) is 19.8 Å². The minimum Gasteiger partial charge on any atom is -0.461 e. The van der Waals surface area contributed by atoms with Crippen LogP contribution in [0.4, 0.5) is 74.6 Å². The number of alkyl halides is 17. The number of hydrogen-bond donors (Lipinski definition) is 0. The van der Waals surface area contributed by atoms with Gasteiger partial charge in [0, 0.05) is 0 Å². The molecule has 0 aromatic heterocycles. The van der Waals surface area contributed by atoms with Crippen molar-refractivity contribution in [2.24, 2.45) is 0 Å². The number of hydrogen-bond acceptors (Lipinski definition) is 4. The molecule has 0 radical (unpaired) electrons. The van der Waals surface area contributed by atoms with E-state index in [1.54, 1.807) is 0 Å². The number of esters is 1. The Bertz CT molecular complexity index is 728. The van der Waals surface area contributed by atoms with Crippen molar-refractivity contribution in [1.82, 2.24) is 0 Å². The Morgan fingerprint density at radius 3 is 1.40 bits per heavy atom. The third kappa shape index (κ3) is 6.50. The van der Waals surface area contributed by atoms with Crippen molar-refractivity contribution in [1.29, 1.82) is 0 Å². The molecule has 0 rings (SSSR count). The molecule has 0 heterocycles. The molecule has 0 aliphatic rings. The predicted molar refractivity (Wildman–Crippen MR) is 73.3 cm³/mol. The highest BCUT2D eigenvalue weighted by molar-refractivity contribution is 5.78. The van der Waals surface area contributed by atoms with Crippen molar-refractivity contribution >= 4 is 5.97 Å². The maximum Gasteiger partial charge on any atom is 0.462 e. The van der Waals surface area contributed by atoms with Crippen LogP contribution in [0.15, 0.2) is 0 Å².